The number of aryl methyl sites for hydroxylation is 2. The number of hydrogen-bond acceptors (Lipinski definition) is 6. The minimum absolute atomic E-state index is 0.173. The SMILES string of the molecule is Cc1nn(C)c(C)c1CCNc1cc(N2CCC[C@@H]2CO)ncn1. The van der Waals surface area contributed by atoms with Crippen molar-refractivity contribution in [2.75, 3.05) is 29.9 Å². The van der Waals surface area contributed by atoms with Crippen molar-refractivity contribution in [1.29, 1.82) is 0 Å². The fraction of sp³-hybridized carbons (Fsp3) is 0.588. The van der Waals surface area contributed by atoms with Crippen LogP contribution in [0.25, 0.3) is 0 Å². The molecule has 0 spiro atoms. The minimum Gasteiger partial charge on any atom is -0.394 e. The summed E-state index contributed by atoms with van der Waals surface area (Å²) in [6, 6.07) is 2.14. The number of nitrogens with zero attached hydrogens (tertiary/aromatic N) is 5. The molecule has 0 unspecified atom stereocenters. The number of aromatic nitrogens is 4. The summed E-state index contributed by atoms with van der Waals surface area (Å²) in [5, 5.41) is 17.3. The van der Waals surface area contributed by atoms with Gasteiger partial charge in [0.2, 0.25) is 0 Å². The van der Waals surface area contributed by atoms with Crippen LogP contribution in [-0.4, -0.2) is 50.6 Å². The van der Waals surface area contributed by atoms with Crippen molar-refractivity contribution < 1.29 is 5.11 Å². The molecule has 24 heavy (non-hydrogen) atoms. The van der Waals surface area contributed by atoms with E-state index in [0.29, 0.717) is 0 Å². The van der Waals surface area contributed by atoms with E-state index in [4.69, 9.17) is 0 Å². The molecule has 1 atom stereocenters. The van der Waals surface area contributed by atoms with E-state index in [1.54, 1.807) is 6.33 Å². The van der Waals surface area contributed by atoms with Crippen LogP contribution in [0, 0.1) is 13.8 Å². The Bertz CT molecular complexity index is 698. The molecule has 0 amide bonds. The molecule has 130 valence electrons. The maximum absolute atomic E-state index is 9.48. The maximum Gasteiger partial charge on any atom is 0.134 e. The van der Waals surface area contributed by atoms with Crippen LogP contribution >= 0.6 is 0 Å². The molecule has 3 rings (SSSR count). The first-order valence-corrected chi connectivity index (χ1v) is 8.52. The lowest BCUT2D eigenvalue weighted by Crippen LogP contribution is -2.32. The second kappa shape index (κ2) is 7.17. The molecule has 0 saturated carbocycles. The molecule has 1 fully saturated rings. The monoisotopic (exact) mass is 330 g/mol. The Hall–Kier alpha value is -2.15. The Morgan fingerprint density at radius 1 is 1.33 bits per heavy atom. The van der Waals surface area contributed by atoms with Crippen LogP contribution < -0.4 is 10.2 Å². The number of aliphatic hydroxyl groups is 1. The maximum atomic E-state index is 9.48. The molecule has 1 aliphatic rings. The van der Waals surface area contributed by atoms with Crippen molar-refractivity contribution in [2.45, 2.75) is 39.2 Å². The molecular formula is C17H26N6O. The standard InChI is InChI=1S/C17H26N6O/c1-12-15(13(2)22(3)21-12)6-7-18-16-9-17(20-11-19-16)23-8-4-5-14(23)10-24/h9,11,14,24H,4-8,10H2,1-3H3,(H,18,19,20)/t14-/m1/s1. The molecule has 7 nitrogen and oxygen atoms in total. The van der Waals surface area contributed by atoms with Gasteiger partial charge < -0.3 is 15.3 Å². The average Bonchev–Trinajstić information content (AvgIpc) is 3.15. The first kappa shape index (κ1) is 16.7. The zero-order valence-corrected chi connectivity index (χ0v) is 14.7. The predicted octanol–water partition coefficient (Wildman–Crippen LogP) is 1.44. The lowest BCUT2D eigenvalue weighted by molar-refractivity contribution is 0.266. The van der Waals surface area contributed by atoms with Crippen LogP contribution in [0.15, 0.2) is 12.4 Å². The Morgan fingerprint density at radius 2 is 2.17 bits per heavy atom. The molecule has 0 bridgehead atoms. The van der Waals surface area contributed by atoms with E-state index in [-0.39, 0.29) is 12.6 Å². The molecule has 3 heterocycles. The van der Waals surface area contributed by atoms with E-state index in [1.807, 2.05) is 24.7 Å². The van der Waals surface area contributed by atoms with Crippen LogP contribution in [0.3, 0.4) is 0 Å². The summed E-state index contributed by atoms with van der Waals surface area (Å²) in [4.78, 5) is 10.8. The van der Waals surface area contributed by atoms with E-state index < -0.39 is 0 Å². The molecule has 2 N–H and O–H groups in total. The quantitative estimate of drug-likeness (QED) is 0.834. The van der Waals surface area contributed by atoms with Gasteiger partial charge in [0, 0.05) is 31.9 Å². The summed E-state index contributed by atoms with van der Waals surface area (Å²) in [5.74, 6) is 1.71. The lowest BCUT2D eigenvalue weighted by Gasteiger charge is -2.24. The van der Waals surface area contributed by atoms with Crippen molar-refractivity contribution in [3.05, 3.63) is 29.3 Å². The number of aliphatic hydroxyl groups excluding tert-OH is 1. The first-order chi connectivity index (χ1) is 11.6. The second-order valence-corrected chi connectivity index (χ2v) is 6.38. The van der Waals surface area contributed by atoms with Crippen LogP contribution in [0.4, 0.5) is 11.6 Å². The zero-order chi connectivity index (χ0) is 17.1. The normalized spacial score (nSPS) is 17.5. The molecular weight excluding hydrogens is 304 g/mol. The van der Waals surface area contributed by atoms with Crippen LogP contribution in [0.5, 0.6) is 0 Å². The van der Waals surface area contributed by atoms with E-state index in [9.17, 15) is 5.11 Å². The molecule has 1 aliphatic heterocycles. The third-order valence-corrected chi connectivity index (χ3v) is 4.87. The van der Waals surface area contributed by atoms with E-state index in [1.165, 1.54) is 11.3 Å². The summed E-state index contributed by atoms with van der Waals surface area (Å²) in [6.45, 7) is 6.06. The first-order valence-electron chi connectivity index (χ1n) is 8.52. The zero-order valence-electron chi connectivity index (χ0n) is 14.7. The minimum atomic E-state index is 0.173. The highest BCUT2D eigenvalue weighted by Crippen LogP contribution is 2.24. The second-order valence-electron chi connectivity index (χ2n) is 6.38. The smallest absolute Gasteiger partial charge is 0.134 e. The van der Waals surface area contributed by atoms with Crippen molar-refractivity contribution in [2.24, 2.45) is 7.05 Å². The van der Waals surface area contributed by atoms with E-state index >= 15 is 0 Å². The largest absolute Gasteiger partial charge is 0.394 e. The number of hydrogen-bond donors (Lipinski definition) is 2. The van der Waals surface area contributed by atoms with Gasteiger partial charge in [-0.25, -0.2) is 9.97 Å². The Morgan fingerprint density at radius 3 is 2.88 bits per heavy atom. The third-order valence-electron chi connectivity index (χ3n) is 4.87. The fourth-order valence-corrected chi connectivity index (χ4v) is 3.42. The predicted molar refractivity (Wildman–Crippen MR) is 94.4 cm³/mol. The topological polar surface area (TPSA) is 79.1 Å². The van der Waals surface area contributed by atoms with Crippen molar-refractivity contribution in [3.63, 3.8) is 0 Å². The van der Waals surface area contributed by atoms with Crippen molar-refractivity contribution in [1.82, 2.24) is 19.7 Å². The van der Waals surface area contributed by atoms with Gasteiger partial charge in [-0.1, -0.05) is 0 Å². The van der Waals surface area contributed by atoms with Gasteiger partial charge in [-0.3, -0.25) is 4.68 Å². The lowest BCUT2D eigenvalue weighted by atomic mass is 10.1. The highest BCUT2D eigenvalue weighted by Gasteiger charge is 2.25. The van der Waals surface area contributed by atoms with Crippen LogP contribution in [0.2, 0.25) is 0 Å². The molecule has 0 aromatic carbocycles. The molecule has 0 aliphatic carbocycles. The molecule has 0 radical (unpaired) electrons. The molecule has 2 aromatic heterocycles. The van der Waals surface area contributed by atoms with Crippen molar-refractivity contribution >= 4 is 11.6 Å². The van der Waals surface area contributed by atoms with Gasteiger partial charge in [-0.2, -0.15) is 5.10 Å². The Labute approximate surface area is 142 Å². The number of anilines is 2. The van der Waals surface area contributed by atoms with Gasteiger partial charge in [-0.05, 0) is 38.7 Å². The van der Waals surface area contributed by atoms with Gasteiger partial charge >= 0.3 is 0 Å². The summed E-state index contributed by atoms with van der Waals surface area (Å²) in [5.41, 5.74) is 3.59. The van der Waals surface area contributed by atoms with Crippen molar-refractivity contribution in [3.8, 4) is 0 Å². The van der Waals surface area contributed by atoms with Crippen LogP contribution in [0.1, 0.15) is 29.8 Å². The Balaban J connectivity index is 1.63. The Kier molecular flexibility index (Phi) is 4.99. The molecule has 2 aromatic rings. The fourth-order valence-electron chi connectivity index (χ4n) is 3.42. The molecule has 1 saturated heterocycles. The summed E-state index contributed by atoms with van der Waals surface area (Å²) in [7, 11) is 1.98. The van der Waals surface area contributed by atoms with Crippen LogP contribution in [-0.2, 0) is 13.5 Å². The highest BCUT2D eigenvalue weighted by atomic mass is 16.3. The average molecular weight is 330 g/mol. The summed E-state index contributed by atoms with van der Waals surface area (Å²) in [6.07, 6.45) is 4.61. The molecule has 7 heteroatoms. The summed E-state index contributed by atoms with van der Waals surface area (Å²) < 4.78 is 1.93. The number of rotatable bonds is 6. The van der Waals surface area contributed by atoms with Gasteiger partial charge in [0.05, 0.1) is 18.3 Å². The third kappa shape index (κ3) is 3.36. The van der Waals surface area contributed by atoms with E-state index in [0.717, 1.165) is 49.7 Å². The van der Waals surface area contributed by atoms with Gasteiger partial charge in [0.1, 0.15) is 18.0 Å². The number of nitrogens with one attached hydrogen (secondary N) is 1. The van der Waals surface area contributed by atoms with Gasteiger partial charge in [0.15, 0.2) is 0 Å². The summed E-state index contributed by atoms with van der Waals surface area (Å²) >= 11 is 0. The highest BCUT2D eigenvalue weighted by molar-refractivity contribution is 5.50. The van der Waals surface area contributed by atoms with Gasteiger partial charge in [-0.15, -0.1) is 0 Å². The van der Waals surface area contributed by atoms with Gasteiger partial charge in [0.25, 0.3) is 0 Å². The van der Waals surface area contributed by atoms with E-state index in [2.05, 4.69) is 32.2 Å².